The van der Waals surface area contributed by atoms with Crippen molar-refractivity contribution < 1.29 is 0 Å². The van der Waals surface area contributed by atoms with Crippen LogP contribution in [-0.2, 0) is 5.66 Å². The maximum atomic E-state index is 6.46. The summed E-state index contributed by atoms with van der Waals surface area (Å²) < 4.78 is 0. The average molecular weight is 427 g/mol. The van der Waals surface area contributed by atoms with E-state index in [0.29, 0.717) is 21.5 Å². The number of benzene rings is 2. The Morgan fingerprint density at radius 3 is 2.46 bits per heavy atom. The minimum absolute atomic E-state index is 0.649. The molecule has 1 N–H and O–H groups in total. The SMILES string of the molecule is Clc1ccc(/C(=N\NC2(c3ccccc3Cl)CSC=N2)c2ccccn2)cc1. The molecule has 4 nitrogen and oxygen atoms in total. The molecule has 3 aromatic rings. The zero-order chi connectivity index (χ0) is 19.4. The lowest BCUT2D eigenvalue weighted by Gasteiger charge is -2.27. The van der Waals surface area contributed by atoms with Gasteiger partial charge in [-0.05, 0) is 30.3 Å². The number of pyridine rings is 1. The van der Waals surface area contributed by atoms with E-state index in [9.17, 15) is 0 Å². The number of hydrogen-bond acceptors (Lipinski definition) is 5. The summed E-state index contributed by atoms with van der Waals surface area (Å²) in [5, 5.41) is 6.06. The predicted molar refractivity (Wildman–Crippen MR) is 119 cm³/mol. The van der Waals surface area contributed by atoms with Crippen LogP contribution in [0.4, 0.5) is 0 Å². The van der Waals surface area contributed by atoms with Gasteiger partial charge in [0.1, 0.15) is 5.71 Å². The highest BCUT2D eigenvalue weighted by atomic mass is 35.5. The van der Waals surface area contributed by atoms with E-state index in [1.54, 1.807) is 18.0 Å². The van der Waals surface area contributed by atoms with Crippen LogP contribution in [0.1, 0.15) is 16.8 Å². The molecule has 2 aromatic carbocycles. The van der Waals surface area contributed by atoms with E-state index in [-0.39, 0.29) is 0 Å². The monoisotopic (exact) mass is 426 g/mol. The fraction of sp³-hybridized carbons (Fsp3) is 0.0952. The predicted octanol–water partition coefficient (Wildman–Crippen LogP) is 5.36. The smallest absolute Gasteiger partial charge is 0.181 e. The summed E-state index contributed by atoms with van der Waals surface area (Å²) >= 11 is 14.1. The van der Waals surface area contributed by atoms with Gasteiger partial charge in [0.2, 0.25) is 0 Å². The lowest BCUT2D eigenvalue weighted by Crippen LogP contribution is -2.39. The fourth-order valence-corrected chi connectivity index (χ4v) is 4.20. The molecule has 1 aliphatic heterocycles. The Kier molecular flexibility index (Phi) is 5.67. The maximum absolute atomic E-state index is 6.46. The first-order valence-corrected chi connectivity index (χ1v) is 10.4. The highest BCUT2D eigenvalue weighted by Gasteiger charge is 2.36. The van der Waals surface area contributed by atoms with E-state index in [2.05, 4.69) is 15.4 Å². The first-order valence-electron chi connectivity index (χ1n) is 8.60. The molecule has 0 fully saturated rings. The van der Waals surface area contributed by atoms with Crippen LogP contribution in [0.2, 0.25) is 10.0 Å². The molecule has 0 saturated carbocycles. The topological polar surface area (TPSA) is 49.6 Å². The summed E-state index contributed by atoms with van der Waals surface area (Å²) in [6, 6.07) is 20.9. The van der Waals surface area contributed by atoms with Gasteiger partial charge in [-0.15, -0.1) is 11.8 Å². The summed E-state index contributed by atoms with van der Waals surface area (Å²) in [4.78, 5) is 9.13. The molecule has 1 unspecified atom stereocenters. The van der Waals surface area contributed by atoms with Crippen molar-refractivity contribution in [3.8, 4) is 0 Å². The molecule has 1 aromatic heterocycles. The Morgan fingerprint density at radius 2 is 1.79 bits per heavy atom. The molecule has 0 radical (unpaired) electrons. The van der Waals surface area contributed by atoms with E-state index in [0.717, 1.165) is 16.8 Å². The minimum atomic E-state index is -0.727. The van der Waals surface area contributed by atoms with Crippen molar-refractivity contribution in [1.82, 2.24) is 10.4 Å². The molecule has 0 bridgehead atoms. The second-order valence-electron chi connectivity index (χ2n) is 6.18. The van der Waals surface area contributed by atoms with Crippen molar-refractivity contribution in [2.75, 3.05) is 5.75 Å². The van der Waals surface area contributed by atoms with Crippen molar-refractivity contribution in [2.45, 2.75) is 5.66 Å². The van der Waals surface area contributed by atoms with E-state index in [4.69, 9.17) is 28.3 Å². The van der Waals surface area contributed by atoms with Gasteiger partial charge in [-0.2, -0.15) is 5.10 Å². The maximum Gasteiger partial charge on any atom is 0.181 e. The van der Waals surface area contributed by atoms with Gasteiger partial charge in [0, 0.05) is 33.1 Å². The normalized spacial score (nSPS) is 19.0. The lowest BCUT2D eigenvalue weighted by molar-refractivity contribution is 0.412. The minimum Gasteiger partial charge on any atom is -0.277 e. The van der Waals surface area contributed by atoms with Gasteiger partial charge in [-0.3, -0.25) is 15.4 Å². The third-order valence-corrected chi connectivity index (χ3v) is 5.76. The standard InChI is InChI=1S/C21H16Cl2N4S/c22-16-10-8-15(9-11-16)20(19-7-3-4-12-24-19)26-27-21(13-28-14-25-21)17-5-1-2-6-18(17)23/h1-12,14,27H,13H2/b26-20+. The number of hydrogen-bond donors (Lipinski definition) is 1. The molecule has 28 heavy (non-hydrogen) atoms. The van der Waals surface area contributed by atoms with E-state index >= 15 is 0 Å². The summed E-state index contributed by atoms with van der Waals surface area (Å²) in [5.41, 5.74) is 7.62. The van der Waals surface area contributed by atoms with Crippen LogP contribution in [0.15, 0.2) is 83.0 Å². The van der Waals surface area contributed by atoms with Crippen molar-refractivity contribution in [1.29, 1.82) is 0 Å². The third-order valence-electron chi connectivity index (χ3n) is 4.34. The summed E-state index contributed by atoms with van der Waals surface area (Å²) in [5.74, 6) is 0.691. The molecule has 0 saturated heterocycles. The fourth-order valence-electron chi connectivity index (χ4n) is 2.92. The van der Waals surface area contributed by atoms with Gasteiger partial charge in [0.25, 0.3) is 0 Å². The number of hydrazone groups is 1. The van der Waals surface area contributed by atoms with Crippen LogP contribution >= 0.6 is 35.0 Å². The van der Waals surface area contributed by atoms with E-state index < -0.39 is 5.66 Å². The number of rotatable bonds is 5. The van der Waals surface area contributed by atoms with Crippen molar-refractivity contribution in [2.24, 2.45) is 10.1 Å². The Labute approximate surface area is 177 Å². The highest BCUT2D eigenvalue weighted by molar-refractivity contribution is 8.12. The van der Waals surface area contributed by atoms with Gasteiger partial charge in [0.05, 0.1) is 11.2 Å². The molecule has 1 atom stereocenters. The lowest BCUT2D eigenvalue weighted by atomic mass is 10.0. The molecule has 4 rings (SSSR count). The molecule has 2 heterocycles. The second kappa shape index (κ2) is 8.35. The van der Waals surface area contributed by atoms with Crippen molar-refractivity contribution in [3.05, 3.63) is 99.8 Å². The van der Waals surface area contributed by atoms with Gasteiger partial charge in [-0.1, -0.05) is 59.6 Å². The van der Waals surface area contributed by atoms with Crippen LogP contribution in [0.3, 0.4) is 0 Å². The number of halogens is 2. The molecular weight excluding hydrogens is 411 g/mol. The van der Waals surface area contributed by atoms with E-state index in [1.807, 2.05) is 72.3 Å². The van der Waals surface area contributed by atoms with Gasteiger partial charge in [0.15, 0.2) is 5.66 Å². The summed E-state index contributed by atoms with van der Waals surface area (Å²) in [6.07, 6.45) is 1.74. The Hall–Kier alpha value is -2.34. The molecule has 0 spiro atoms. The average Bonchev–Trinajstić information content (AvgIpc) is 3.20. The van der Waals surface area contributed by atoms with Crippen LogP contribution in [0, 0.1) is 0 Å². The van der Waals surface area contributed by atoms with Gasteiger partial charge in [-0.25, -0.2) is 0 Å². The van der Waals surface area contributed by atoms with Gasteiger partial charge < -0.3 is 0 Å². The number of aliphatic imine (C=N–C) groups is 1. The largest absolute Gasteiger partial charge is 0.277 e. The molecule has 0 amide bonds. The van der Waals surface area contributed by atoms with Gasteiger partial charge >= 0.3 is 0 Å². The number of thioether (sulfide) groups is 1. The molecule has 7 heteroatoms. The summed E-state index contributed by atoms with van der Waals surface area (Å²) in [6.45, 7) is 0. The van der Waals surface area contributed by atoms with Crippen LogP contribution < -0.4 is 5.43 Å². The second-order valence-corrected chi connectivity index (χ2v) is 7.86. The molecule has 140 valence electrons. The van der Waals surface area contributed by atoms with E-state index in [1.165, 1.54) is 0 Å². The molecular formula is C21H16Cl2N4S. The zero-order valence-electron chi connectivity index (χ0n) is 14.7. The summed E-state index contributed by atoms with van der Waals surface area (Å²) in [7, 11) is 0. The van der Waals surface area contributed by atoms with Crippen LogP contribution in [-0.4, -0.2) is 22.0 Å². The third kappa shape index (κ3) is 3.92. The van der Waals surface area contributed by atoms with Crippen LogP contribution in [0.5, 0.6) is 0 Å². The Balaban J connectivity index is 1.77. The first-order chi connectivity index (χ1) is 13.7. The number of nitrogens with zero attached hydrogens (tertiary/aromatic N) is 3. The zero-order valence-corrected chi connectivity index (χ0v) is 17.0. The van der Waals surface area contributed by atoms with Crippen molar-refractivity contribution in [3.63, 3.8) is 0 Å². The Morgan fingerprint density at radius 1 is 1.00 bits per heavy atom. The number of nitrogens with one attached hydrogen (secondary N) is 1. The Bertz CT molecular complexity index is 1020. The van der Waals surface area contributed by atoms with Crippen molar-refractivity contribution >= 4 is 46.2 Å². The first kappa shape index (κ1) is 19.0. The molecule has 0 aliphatic carbocycles. The van der Waals surface area contributed by atoms with Crippen LogP contribution in [0.25, 0.3) is 0 Å². The molecule has 1 aliphatic rings. The quantitative estimate of drug-likeness (QED) is 0.441. The highest BCUT2D eigenvalue weighted by Crippen LogP contribution is 2.36. The number of aromatic nitrogens is 1.